The summed E-state index contributed by atoms with van der Waals surface area (Å²) < 4.78 is 15.1. The molecular formula is C14H21NO4. The highest BCUT2D eigenvalue weighted by molar-refractivity contribution is 5.70. The normalized spacial score (nSPS) is 10.2. The zero-order chi connectivity index (χ0) is 13.9. The van der Waals surface area contributed by atoms with Gasteiger partial charge in [0.05, 0.1) is 20.3 Å². The molecule has 1 N–H and O–H groups in total. The minimum Gasteiger partial charge on any atom is -0.497 e. The Bertz CT molecular complexity index is 381. The SMILES string of the molecule is CCOC(=O)COCCNCc1cccc(OC)c1. The first-order valence-corrected chi connectivity index (χ1v) is 6.33. The summed E-state index contributed by atoms with van der Waals surface area (Å²) in [6, 6.07) is 7.86. The van der Waals surface area contributed by atoms with E-state index in [9.17, 15) is 4.79 Å². The first kappa shape index (κ1) is 15.5. The molecular weight excluding hydrogens is 246 g/mol. The third-order valence-electron chi connectivity index (χ3n) is 2.41. The van der Waals surface area contributed by atoms with Crippen molar-refractivity contribution < 1.29 is 19.0 Å². The van der Waals surface area contributed by atoms with Crippen LogP contribution in [0.5, 0.6) is 5.75 Å². The molecule has 0 saturated carbocycles. The van der Waals surface area contributed by atoms with Crippen LogP contribution in [-0.4, -0.2) is 39.4 Å². The monoisotopic (exact) mass is 267 g/mol. The van der Waals surface area contributed by atoms with Crippen molar-refractivity contribution in [3.05, 3.63) is 29.8 Å². The van der Waals surface area contributed by atoms with Crippen molar-refractivity contribution in [1.29, 1.82) is 0 Å². The van der Waals surface area contributed by atoms with E-state index in [1.807, 2.05) is 24.3 Å². The number of esters is 1. The number of nitrogens with one attached hydrogen (secondary N) is 1. The molecule has 0 aliphatic carbocycles. The molecule has 19 heavy (non-hydrogen) atoms. The van der Waals surface area contributed by atoms with E-state index in [2.05, 4.69) is 5.32 Å². The van der Waals surface area contributed by atoms with Gasteiger partial charge in [-0.2, -0.15) is 0 Å². The van der Waals surface area contributed by atoms with Gasteiger partial charge in [0.15, 0.2) is 0 Å². The quantitative estimate of drug-likeness (QED) is 0.541. The van der Waals surface area contributed by atoms with Gasteiger partial charge < -0.3 is 19.5 Å². The Labute approximate surface area is 113 Å². The lowest BCUT2D eigenvalue weighted by molar-refractivity contribution is -0.148. The molecule has 1 rings (SSSR count). The molecule has 0 unspecified atom stereocenters. The van der Waals surface area contributed by atoms with Gasteiger partial charge in [-0.15, -0.1) is 0 Å². The average Bonchev–Trinajstić information content (AvgIpc) is 2.43. The van der Waals surface area contributed by atoms with Gasteiger partial charge in [-0.25, -0.2) is 4.79 Å². The van der Waals surface area contributed by atoms with Crippen LogP contribution in [0, 0.1) is 0 Å². The van der Waals surface area contributed by atoms with Crippen LogP contribution in [0.15, 0.2) is 24.3 Å². The highest BCUT2D eigenvalue weighted by Gasteiger charge is 2.00. The topological polar surface area (TPSA) is 56.8 Å². The predicted molar refractivity (Wildman–Crippen MR) is 72.2 cm³/mol. The lowest BCUT2D eigenvalue weighted by Crippen LogP contribution is -2.21. The third-order valence-corrected chi connectivity index (χ3v) is 2.41. The first-order chi connectivity index (χ1) is 9.26. The fourth-order valence-corrected chi connectivity index (χ4v) is 1.52. The summed E-state index contributed by atoms with van der Waals surface area (Å²) in [5.41, 5.74) is 1.14. The first-order valence-electron chi connectivity index (χ1n) is 6.33. The minimum atomic E-state index is -0.324. The molecule has 0 spiro atoms. The van der Waals surface area contributed by atoms with Crippen LogP contribution in [0.1, 0.15) is 12.5 Å². The smallest absolute Gasteiger partial charge is 0.332 e. The van der Waals surface area contributed by atoms with E-state index in [4.69, 9.17) is 14.2 Å². The number of carbonyl (C=O) groups excluding carboxylic acids is 1. The summed E-state index contributed by atoms with van der Waals surface area (Å²) in [5, 5.41) is 3.23. The van der Waals surface area contributed by atoms with Crippen molar-refractivity contribution in [2.75, 3.05) is 33.5 Å². The van der Waals surface area contributed by atoms with Crippen LogP contribution < -0.4 is 10.1 Å². The number of methoxy groups -OCH3 is 1. The third kappa shape index (κ3) is 6.79. The lowest BCUT2D eigenvalue weighted by Gasteiger charge is -2.07. The molecule has 106 valence electrons. The summed E-state index contributed by atoms with van der Waals surface area (Å²) in [4.78, 5) is 11.0. The Morgan fingerprint density at radius 2 is 2.21 bits per heavy atom. The van der Waals surface area contributed by atoms with Gasteiger partial charge >= 0.3 is 5.97 Å². The molecule has 5 heteroatoms. The molecule has 0 saturated heterocycles. The van der Waals surface area contributed by atoms with Gasteiger partial charge in [0, 0.05) is 13.1 Å². The van der Waals surface area contributed by atoms with E-state index in [1.165, 1.54) is 0 Å². The largest absolute Gasteiger partial charge is 0.497 e. The van der Waals surface area contributed by atoms with E-state index < -0.39 is 0 Å². The molecule has 0 aromatic heterocycles. The van der Waals surface area contributed by atoms with Gasteiger partial charge in [0.2, 0.25) is 0 Å². The maximum absolute atomic E-state index is 11.0. The maximum Gasteiger partial charge on any atom is 0.332 e. The van der Waals surface area contributed by atoms with Crippen LogP contribution >= 0.6 is 0 Å². The molecule has 1 aromatic rings. The Hall–Kier alpha value is -1.59. The lowest BCUT2D eigenvalue weighted by atomic mass is 10.2. The highest BCUT2D eigenvalue weighted by atomic mass is 16.6. The second-order valence-electron chi connectivity index (χ2n) is 3.89. The molecule has 0 fully saturated rings. The predicted octanol–water partition coefficient (Wildman–Crippen LogP) is 1.36. The molecule has 5 nitrogen and oxygen atoms in total. The zero-order valence-corrected chi connectivity index (χ0v) is 11.5. The van der Waals surface area contributed by atoms with Crippen LogP contribution in [0.3, 0.4) is 0 Å². The Kier molecular flexibility index (Phi) is 7.62. The van der Waals surface area contributed by atoms with Gasteiger partial charge in [0.25, 0.3) is 0 Å². The number of ether oxygens (including phenoxy) is 3. The summed E-state index contributed by atoms with van der Waals surface area (Å²) in [7, 11) is 1.65. The van der Waals surface area contributed by atoms with Crippen molar-refractivity contribution in [3.8, 4) is 5.75 Å². The summed E-state index contributed by atoms with van der Waals surface area (Å²) >= 11 is 0. The van der Waals surface area contributed by atoms with E-state index in [0.717, 1.165) is 17.9 Å². The second-order valence-corrected chi connectivity index (χ2v) is 3.89. The standard InChI is InChI=1S/C14H21NO4/c1-3-19-14(16)11-18-8-7-15-10-12-5-4-6-13(9-12)17-2/h4-6,9,15H,3,7-8,10-11H2,1-2H3. The van der Waals surface area contributed by atoms with Crippen LogP contribution in [0.2, 0.25) is 0 Å². The molecule has 0 aliphatic heterocycles. The van der Waals surface area contributed by atoms with E-state index in [1.54, 1.807) is 14.0 Å². The van der Waals surface area contributed by atoms with E-state index in [0.29, 0.717) is 19.8 Å². The number of rotatable bonds is 9. The van der Waals surface area contributed by atoms with Crippen molar-refractivity contribution in [2.24, 2.45) is 0 Å². The summed E-state index contributed by atoms with van der Waals surface area (Å²) in [6.07, 6.45) is 0. The minimum absolute atomic E-state index is 0.00861. The fourth-order valence-electron chi connectivity index (χ4n) is 1.52. The summed E-state index contributed by atoms with van der Waals surface area (Å²) in [6.45, 7) is 4.05. The van der Waals surface area contributed by atoms with Crippen LogP contribution in [0.25, 0.3) is 0 Å². The van der Waals surface area contributed by atoms with Crippen LogP contribution in [-0.2, 0) is 20.8 Å². The second kappa shape index (κ2) is 9.35. The zero-order valence-electron chi connectivity index (χ0n) is 11.5. The molecule has 1 aromatic carbocycles. The maximum atomic E-state index is 11.0. The Morgan fingerprint density at radius 3 is 2.95 bits per heavy atom. The van der Waals surface area contributed by atoms with Gasteiger partial charge in [-0.05, 0) is 24.6 Å². The van der Waals surface area contributed by atoms with Gasteiger partial charge in [-0.3, -0.25) is 0 Å². The Morgan fingerprint density at radius 1 is 1.37 bits per heavy atom. The van der Waals surface area contributed by atoms with Gasteiger partial charge in [-0.1, -0.05) is 12.1 Å². The Balaban J connectivity index is 2.08. The van der Waals surface area contributed by atoms with E-state index in [-0.39, 0.29) is 12.6 Å². The molecule has 0 amide bonds. The molecule has 0 heterocycles. The van der Waals surface area contributed by atoms with Gasteiger partial charge in [0.1, 0.15) is 12.4 Å². The molecule has 0 radical (unpaired) electrons. The number of hydrogen-bond acceptors (Lipinski definition) is 5. The number of carbonyl (C=O) groups is 1. The van der Waals surface area contributed by atoms with Crippen molar-refractivity contribution in [3.63, 3.8) is 0 Å². The molecule has 0 atom stereocenters. The van der Waals surface area contributed by atoms with Crippen molar-refractivity contribution in [1.82, 2.24) is 5.32 Å². The summed E-state index contributed by atoms with van der Waals surface area (Å²) in [5.74, 6) is 0.521. The number of benzene rings is 1. The van der Waals surface area contributed by atoms with Crippen molar-refractivity contribution in [2.45, 2.75) is 13.5 Å². The van der Waals surface area contributed by atoms with Crippen LogP contribution in [0.4, 0.5) is 0 Å². The molecule has 0 bridgehead atoms. The average molecular weight is 267 g/mol. The highest BCUT2D eigenvalue weighted by Crippen LogP contribution is 2.11. The molecule has 0 aliphatic rings. The fraction of sp³-hybridized carbons (Fsp3) is 0.500. The van der Waals surface area contributed by atoms with E-state index >= 15 is 0 Å². The number of hydrogen-bond donors (Lipinski definition) is 1. The van der Waals surface area contributed by atoms with Crippen molar-refractivity contribution >= 4 is 5.97 Å².